The zero-order valence-electron chi connectivity index (χ0n) is 32.4. The normalized spacial score (nSPS) is 13.2. The van der Waals surface area contributed by atoms with E-state index in [1.807, 2.05) is 57.7 Å². The fourth-order valence-electron chi connectivity index (χ4n) is 6.40. The number of para-hydroxylation sites is 3. The minimum atomic E-state index is -2.27. The van der Waals surface area contributed by atoms with E-state index in [4.69, 9.17) is 8.85 Å². The van der Waals surface area contributed by atoms with Gasteiger partial charge in [-0.1, -0.05) is 102 Å². The van der Waals surface area contributed by atoms with Crippen LogP contribution in [0.15, 0.2) is 110 Å². The molecule has 0 N–H and O–H groups in total. The SMILES string of the molecule is [2H]C([2H])([2H])c1ccnc(-n2c3[c-]c(Oc4[c-]c(-n5[c-][n+](-c6cc(C(C)(C)C)cc(C(C)(C)C)c6)c6ccccc65)cnc4)ccc3c3ccccc32)c1.[Pt]. The standard InChI is InChI=1S/C44H39N5O.Pt/c1-29-18-19-46-42(20-29)49-38-13-9-8-12-36(38)37-17-16-34(25-41(37)49)50-35-24-33(26-45-27-35)48-28-47(39-14-10-11-15-40(39)48)32-22-30(43(2,3)4)21-31(23-32)44(5,6)7;/h8-23,26-27H,1-7H3;/q-2;/i1D3;. The van der Waals surface area contributed by atoms with Gasteiger partial charge in [-0.25, -0.2) is 4.98 Å². The predicted molar refractivity (Wildman–Crippen MR) is 200 cm³/mol. The van der Waals surface area contributed by atoms with E-state index in [1.54, 1.807) is 18.5 Å². The van der Waals surface area contributed by atoms with Crippen molar-refractivity contribution in [1.29, 1.82) is 0 Å². The molecule has 0 atom stereocenters. The van der Waals surface area contributed by atoms with E-state index in [0.29, 0.717) is 28.5 Å². The van der Waals surface area contributed by atoms with Crippen LogP contribution in [-0.4, -0.2) is 19.1 Å². The Hall–Kier alpha value is -5.06. The Balaban J connectivity index is 0.00000450. The maximum Gasteiger partial charge on any atom is 0.268 e. The molecule has 51 heavy (non-hydrogen) atoms. The van der Waals surface area contributed by atoms with E-state index < -0.39 is 6.85 Å². The molecule has 0 unspecified atom stereocenters. The number of benzene rings is 4. The summed E-state index contributed by atoms with van der Waals surface area (Å²) in [6.45, 7) is 11.2. The molecule has 0 aliphatic rings. The maximum absolute atomic E-state index is 7.96. The van der Waals surface area contributed by atoms with Crippen molar-refractivity contribution in [2.24, 2.45) is 0 Å². The van der Waals surface area contributed by atoms with Gasteiger partial charge in [0.1, 0.15) is 5.82 Å². The van der Waals surface area contributed by atoms with Crippen LogP contribution in [-0.2, 0) is 31.9 Å². The van der Waals surface area contributed by atoms with Gasteiger partial charge >= 0.3 is 0 Å². The van der Waals surface area contributed by atoms with Crippen molar-refractivity contribution < 1.29 is 34.5 Å². The molecule has 8 aromatic rings. The monoisotopic (exact) mass is 851 g/mol. The molecule has 258 valence electrons. The zero-order valence-corrected chi connectivity index (χ0v) is 31.6. The Morgan fingerprint density at radius 1 is 0.745 bits per heavy atom. The topological polar surface area (TPSA) is 48.8 Å². The second-order valence-corrected chi connectivity index (χ2v) is 14.8. The number of aryl methyl sites for hydroxylation is 1. The van der Waals surface area contributed by atoms with Crippen LogP contribution in [0.4, 0.5) is 0 Å². The van der Waals surface area contributed by atoms with Crippen molar-refractivity contribution in [3.8, 4) is 28.7 Å². The molecule has 0 aliphatic carbocycles. The average Bonchev–Trinajstić information content (AvgIpc) is 3.67. The first-order valence-electron chi connectivity index (χ1n) is 18.2. The van der Waals surface area contributed by atoms with Crippen LogP contribution in [0, 0.1) is 25.3 Å². The zero-order chi connectivity index (χ0) is 37.3. The molecule has 0 aliphatic heterocycles. The minimum Gasteiger partial charge on any atom is -0.508 e. The van der Waals surface area contributed by atoms with Gasteiger partial charge in [0.2, 0.25) is 0 Å². The Morgan fingerprint density at radius 3 is 2.22 bits per heavy atom. The van der Waals surface area contributed by atoms with Crippen LogP contribution in [0.1, 0.15) is 62.3 Å². The second-order valence-electron chi connectivity index (χ2n) is 14.8. The molecule has 4 aromatic heterocycles. The summed E-state index contributed by atoms with van der Waals surface area (Å²) in [7, 11) is 0. The molecule has 0 saturated carbocycles. The van der Waals surface area contributed by atoms with Gasteiger partial charge in [0, 0.05) is 48.4 Å². The molecule has 0 spiro atoms. The second kappa shape index (κ2) is 12.9. The quantitative estimate of drug-likeness (QED) is 0.128. The van der Waals surface area contributed by atoms with E-state index >= 15 is 0 Å². The van der Waals surface area contributed by atoms with Crippen LogP contribution in [0.3, 0.4) is 0 Å². The largest absolute Gasteiger partial charge is 0.508 e. The summed E-state index contributed by atoms with van der Waals surface area (Å²) in [6.07, 6.45) is 8.50. The number of hydrogen-bond acceptors (Lipinski definition) is 3. The van der Waals surface area contributed by atoms with Crippen LogP contribution in [0.25, 0.3) is 50.0 Å². The van der Waals surface area contributed by atoms with E-state index in [1.165, 1.54) is 23.4 Å². The summed E-state index contributed by atoms with van der Waals surface area (Å²) in [5, 5.41) is 1.93. The number of aromatic nitrogens is 5. The molecule has 4 heterocycles. The summed E-state index contributed by atoms with van der Waals surface area (Å²) in [5.74, 6) is 1.35. The third-order valence-corrected chi connectivity index (χ3v) is 9.10. The van der Waals surface area contributed by atoms with Gasteiger partial charge in [0.25, 0.3) is 6.33 Å². The van der Waals surface area contributed by atoms with E-state index in [2.05, 4.69) is 105 Å². The van der Waals surface area contributed by atoms with E-state index in [0.717, 1.165) is 33.0 Å². The molecule has 0 amide bonds. The van der Waals surface area contributed by atoms with Crippen molar-refractivity contribution in [3.63, 3.8) is 0 Å². The maximum atomic E-state index is 7.96. The fourth-order valence-corrected chi connectivity index (χ4v) is 6.40. The molecule has 0 bridgehead atoms. The van der Waals surface area contributed by atoms with Gasteiger partial charge in [-0.05, 0) is 82.0 Å². The smallest absolute Gasteiger partial charge is 0.268 e. The summed E-state index contributed by atoms with van der Waals surface area (Å²) < 4.78 is 36.3. The van der Waals surface area contributed by atoms with Gasteiger partial charge in [-0.2, -0.15) is 6.07 Å². The first-order valence-corrected chi connectivity index (χ1v) is 16.7. The first-order chi connectivity index (χ1) is 25.1. The molecular weight excluding hydrogens is 810 g/mol. The predicted octanol–water partition coefficient (Wildman–Crippen LogP) is 9.89. The fraction of sp³-hybridized carbons (Fsp3) is 0.205. The summed E-state index contributed by atoms with van der Waals surface area (Å²) in [4.78, 5) is 9.11. The van der Waals surface area contributed by atoms with Crippen LogP contribution in [0.2, 0.25) is 0 Å². The number of hydrogen-bond donors (Lipinski definition) is 0. The number of fused-ring (bicyclic) bond motifs is 4. The van der Waals surface area contributed by atoms with Gasteiger partial charge in [-0.3, -0.25) is 4.57 Å². The molecule has 0 fully saturated rings. The van der Waals surface area contributed by atoms with Gasteiger partial charge < -0.3 is 18.9 Å². The van der Waals surface area contributed by atoms with Crippen molar-refractivity contribution in [3.05, 3.63) is 145 Å². The Labute approximate surface area is 317 Å². The van der Waals surface area contributed by atoms with Crippen molar-refractivity contribution >= 4 is 32.8 Å². The summed E-state index contributed by atoms with van der Waals surface area (Å²) >= 11 is 0. The van der Waals surface area contributed by atoms with Gasteiger partial charge in [0.15, 0.2) is 0 Å². The number of nitrogens with zero attached hydrogens (tertiary/aromatic N) is 5. The van der Waals surface area contributed by atoms with Crippen LogP contribution in [0.5, 0.6) is 11.5 Å². The molecule has 6 nitrogen and oxygen atoms in total. The number of ether oxygens (including phenoxy) is 1. The number of rotatable bonds is 5. The number of imidazole rings is 1. The van der Waals surface area contributed by atoms with Crippen LogP contribution < -0.4 is 9.30 Å². The van der Waals surface area contributed by atoms with Gasteiger partial charge in [-0.15, -0.1) is 23.6 Å². The molecule has 0 radical (unpaired) electrons. The molecular formula is C44H39N5OPt-2. The van der Waals surface area contributed by atoms with E-state index in [9.17, 15) is 0 Å². The Morgan fingerprint density at radius 2 is 1.47 bits per heavy atom. The third-order valence-electron chi connectivity index (χ3n) is 9.10. The van der Waals surface area contributed by atoms with Crippen molar-refractivity contribution in [1.82, 2.24) is 19.1 Å². The molecule has 4 aromatic carbocycles. The molecule has 8 rings (SSSR count). The summed E-state index contributed by atoms with van der Waals surface area (Å²) in [6, 6.07) is 36.8. The molecule has 0 saturated heterocycles. The van der Waals surface area contributed by atoms with Crippen molar-refractivity contribution in [2.45, 2.75) is 59.2 Å². The Kier molecular flexibility index (Phi) is 7.79. The first kappa shape index (κ1) is 30.7. The van der Waals surface area contributed by atoms with Crippen molar-refractivity contribution in [2.75, 3.05) is 0 Å². The molecule has 7 heteroatoms. The summed E-state index contributed by atoms with van der Waals surface area (Å²) in [5.41, 5.74) is 7.90. The van der Waals surface area contributed by atoms with E-state index in [-0.39, 0.29) is 37.5 Å². The van der Waals surface area contributed by atoms with Gasteiger partial charge in [0.05, 0.1) is 16.7 Å². The Bertz CT molecular complexity index is 2650. The third kappa shape index (κ3) is 6.38. The van der Waals surface area contributed by atoms with Crippen LogP contribution >= 0.6 is 0 Å². The number of pyridine rings is 2. The minimum absolute atomic E-state index is 0. The average molecular weight is 852 g/mol.